The number of rotatable bonds is 3. The Kier molecular flexibility index (Phi) is 3.67. The van der Waals surface area contributed by atoms with E-state index < -0.39 is 0 Å². The second-order valence-electron chi connectivity index (χ2n) is 5.22. The Morgan fingerprint density at radius 3 is 2.88 bits per heavy atom. The smallest absolute Gasteiger partial charge is 0.0593 e. The molecule has 2 rings (SSSR count). The molecule has 1 atom stereocenters. The number of anilines is 1. The van der Waals surface area contributed by atoms with Gasteiger partial charge < -0.3 is 5.73 Å². The fourth-order valence-corrected chi connectivity index (χ4v) is 2.55. The number of pyridine rings is 1. The first-order valence-corrected chi connectivity index (χ1v) is 6.54. The van der Waals surface area contributed by atoms with Crippen LogP contribution in [0.25, 0.3) is 0 Å². The molecule has 1 fully saturated rings. The van der Waals surface area contributed by atoms with Crippen molar-refractivity contribution in [3.63, 3.8) is 0 Å². The maximum Gasteiger partial charge on any atom is 0.0593 e. The summed E-state index contributed by atoms with van der Waals surface area (Å²) in [6, 6.07) is 0. The van der Waals surface area contributed by atoms with Crippen molar-refractivity contribution in [3.8, 4) is 0 Å². The van der Waals surface area contributed by atoms with Crippen molar-refractivity contribution in [3.05, 3.63) is 23.0 Å². The Morgan fingerprint density at radius 2 is 2.24 bits per heavy atom. The highest BCUT2D eigenvalue weighted by Gasteiger charge is 2.21. The van der Waals surface area contributed by atoms with Gasteiger partial charge in [0.15, 0.2) is 0 Å². The molecule has 1 saturated heterocycles. The highest BCUT2D eigenvalue weighted by atomic mass is 15.1. The highest BCUT2D eigenvalue weighted by Crippen LogP contribution is 2.23. The Labute approximate surface area is 104 Å². The second kappa shape index (κ2) is 5.05. The Balaban J connectivity index is 2.07. The van der Waals surface area contributed by atoms with Crippen LogP contribution in [0, 0.1) is 19.8 Å². The van der Waals surface area contributed by atoms with Gasteiger partial charge in [0, 0.05) is 25.0 Å². The van der Waals surface area contributed by atoms with Crippen molar-refractivity contribution >= 4 is 5.69 Å². The van der Waals surface area contributed by atoms with E-state index in [0.29, 0.717) is 0 Å². The van der Waals surface area contributed by atoms with Crippen LogP contribution in [0.5, 0.6) is 0 Å². The molecule has 2 heterocycles. The maximum atomic E-state index is 6.05. The number of nitrogens with zero attached hydrogens (tertiary/aromatic N) is 2. The summed E-state index contributed by atoms with van der Waals surface area (Å²) in [7, 11) is 0. The third kappa shape index (κ3) is 2.60. The minimum atomic E-state index is 0.873. The number of hydrogen-bond donors (Lipinski definition) is 1. The molecule has 0 aromatic carbocycles. The molecule has 1 aliphatic heterocycles. The van der Waals surface area contributed by atoms with Gasteiger partial charge in [0.25, 0.3) is 0 Å². The summed E-state index contributed by atoms with van der Waals surface area (Å²) in [6.07, 6.45) is 4.51. The molecule has 0 radical (unpaired) electrons. The van der Waals surface area contributed by atoms with Gasteiger partial charge in [-0.1, -0.05) is 13.3 Å². The van der Waals surface area contributed by atoms with E-state index in [1.165, 1.54) is 25.9 Å². The second-order valence-corrected chi connectivity index (χ2v) is 5.22. The summed E-state index contributed by atoms with van der Waals surface area (Å²) in [5.41, 5.74) is 10.3. The average molecular weight is 233 g/mol. The maximum absolute atomic E-state index is 6.05. The molecule has 0 spiro atoms. The van der Waals surface area contributed by atoms with Gasteiger partial charge in [-0.25, -0.2) is 0 Å². The van der Waals surface area contributed by atoms with Gasteiger partial charge in [0.2, 0.25) is 0 Å². The minimum absolute atomic E-state index is 0.873. The van der Waals surface area contributed by atoms with E-state index in [4.69, 9.17) is 5.73 Å². The van der Waals surface area contributed by atoms with Crippen molar-refractivity contribution < 1.29 is 0 Å². The van der Waals surface area contributed by atoms with Crippen LogP contribution < -0.4 is 5.73 Å². The third-order valence-corrected chi connectivity index (χ3v) is 4.00. The minimum Gasteiger partial charge on any atom is -0.398 e. The van der Waals surface area contributed by atoms with Crippen LogP contribution in [0.3, 0.4) is 0 Å². The third-order valence-electron chi connectivity index (χ3n) is 4.00. The largest absolute Gasteiger partial charge is 0.398 e. The van der Waals surface area contributed by atoms with Crippen LogP contribution >= 0.6 is 0 Å². The number of likely N-dealkylation sites (tertiary alicyclic amines) is 1. The molecular weight excluding hydrogens is 210 g/mol. The molecule has 17 heavy (non-hydrogen) atoms. The van der Waals surface area contributed by atoms with Gasteiger partial charge in [-0.3, -0.25) is 9.88 Å². The van der Waals surface area contributed by atoms with E-state index in [-0.39, 0.29) is 0 Å². The van der Waals surface area contributed by atoms with Crippen LogP contribution in [-0.4, -0.2) is 23.0 Å². The fourth-order valence-electron chi connectivity index (χ4n) is 2.55. The zero-order valence-corrected chi connectivity index (χ0v) is 11.2. The zero-order chi connectivity index (χ0) is 12.4. The predicted octanol–water partition coefficient (Wildman–Crippen LogP) is 2.51. The predicted molar refractivity (Wildman–Crippen MR) is 71.8 cm³/mol. The number of aromatic nitrogens is 1. The van der Waals surface area contributed by atoms with E-state index in [1.54, 1.807) is 0 Å². The van der Waals surface area contributed by atoms with Crippen molar-refractivity contribution in [2.24, 2.45) is 5.92 Å². The van der Waals surface area contributed by atoms with Crippen molar-refractivity contribution in [2.75, 3.05) is 18.8 Å². The molecule has 2 N–H and O–H groups in total. The molecule has 94 valence electrons. The van der Waals surface area contributed by atoms with Crippen LogP contribution in [-0.2, 0) is 6.54 Å². The molecule has 0 saturated carbocycles. The molecule has 1 aliphatic rings. The van der Waals surface area contributed by atoms with Crippen LogP contribution in [0.2, 0.25) is 0 Å². The van der Waals surface area contributed by atoms with Gasteiger partial charge in [-0.05, 0) is 43.9 Å². The monoisotopic (exact) mass is 233 g/mol. The van der Waals surface area contributed by atoms with Crippen molar-refractivity contribution in [2.45, 2.75) is 40.2 Å². The number of nitrogens with two attached hydrogens (primary N) is 1. The molecule has 3 heteroatoms. The number of aryl methyl sites for hydroxylation is 1. The SMILES string of the molecule is CCC1CCN(Cc2ncc(C)c(N)c2C)C1. The van der Waals surface area contributed by atoms with Crippen LogP contribution in [0.4, 0.5) is 5.69 Å². The van der Waals surface area contributed by atoms with Crippen LogP contribution in [0.1, 0.15) is 36.6 Å². The first-order valence-electron chi connectivity index (χ1n) is 6.54. The quantitative estimate of drug-likeness (QED) is 0.872. The molecule has 1 aromatic rings. The Bertz CT molecular complexity index is 401. The molecule has 0 bridgehead atoms. The summed E-state index contributed by atoms with van der Waals surface area (Å²) in [4.78, 5) is 7.03. The molecule has 0 aliphatic carbocycles. The molecule has 1 unspecified atom stereocenters. The fraction of sp³-hybridized carbons (Fsp3) is 0.643. The number of nitrogen functional groups attached to an aromatic ring is 1. The van der Waals surface area contributed by atoms with Gasteiger partial charge in [-0.15, -0.1) is 0 Å². The normalized spacial score (nSPS) is 21.0. The lowest BCUT2D eigenvalue weighted by atomic mass is 10.1. The first-order chi connectivity index (χ1) is 8.11. The van der Waals surface area contributed by atoms with E-state index in [9.17, 15) is 0 Å². The Hall–Kier alpha value is -1.09. The van der Waals surface area contributed by atoms with Crippen molar-refractivity contribution in [1.82, 2.24) is 9.88 Å². The lowest BCUT2D eigenvalue weighted by Gasteiger charge is -2.17. The van der Waals surface area contributed by atoms with Crippen LogP contribution in [0.15, 0.2) is 6.20 Å². The lowest BCUT2D eigenvalue weighted by Crippen LogP contribution is -2.21. The Morgan fingerprint density at radius 1 is 1.47 bits per heavy atom. The number of hydrogen-bond acceptors (Lipinski definition) is 3. The van der Waals surface area contributed by atoms with Crippen molar-refractivity contribution in [1.29, 1.82) is 0 Å². The average Bonchev–Trinajstić information content (AvgIpc) is 2.78. The molecular formula is C14H23N3. The van der Waals surface area contributed by atoms with E-state index in [1.807, 2.05) is 13.1 Å². The topological polar surface area (TPSA) is 42.2 Å². The zero-order valence-electron chi connectivity index (χ0n) is 11.2. The van der Waals surface area contributed by atoms with Gasteiger partial charge in [0.05, 0.1) is 5.69 Å². The van der Waals surface area contributed by atoms with Gasteiger partial charge in [0.1, 0.15) is 0 Å². The summed E-state index contributed by atoms with van der Waals surface area (Å²) >= 11 is 0. The molecule has 1 aromatic heterocycles. The lowest BCUT2D eigenvalue weighted by molar-refractivity contribution is 0.311. The standard InChI is InChI=1S/C14H23N3/c1-4-12-5-6-17(8-12)9-13-11(3)14(15)10(2)7-16-13/h7,12H,4-6,8-9H2,1-3H3,(H2,15,16). The summed E-state index contributed by atoms with van der Waals surface area (Å²) in [5, 5.41) is 0. The van der Waals surface area contributed by atoms with E-state index in [0.717, 1.165) is 35.0 Å². The summed E-state index contributed by atoms with van der Waals surface area (Å²) in [5.74, 6) is 0.873. The van der Waals surface area contributed by atoms with Gasteiger partial charge >= 0.3 is 0 Å². The van der Waals surface area contributed by atoms with E-state index in [2.05, 4.69) is 23.7 Å². The summed E-state index contributed by atoms with van der Waals surface area (Å²) < 4.78 is 0. The van der Waals surface area contributed by atoms with E-state index >= 15 is 0 Å². The molecule has 3 nitrogen and oxygen atoms in total. The highest BCUT2D eigenvalue weighted by molar-refractivity contribution is 5.53. The van der Waals surface area contributed by atoms with Gasteiger partial charge in [-0.2, -0.15) is 0 Å². The molecule has 0 amide bonds. The summed E-state index contributed by atoms with van der Waals surface area (Å²) in [6.45, 7) is 9.74. The first kappa shape index (κ1) is 12.4.